The molecule has 1 saturated heterocycles. The molecular weight excluding hydrogens is 252 g/mol. The molecule has 1 N–H and O–H groups in total. The summed E-state index contributed by atoms with van der Waals surface area (Å²) in [5, 5.41) is 7.96. The molecule has 0 aliphatic carbocycles. The fourth-order valence-corrected chi connectivity index (χ4v) is 2.42. The van der Waals surface area contributed by atoms with E-state index in [4.69, 9.17) is 5.41 Å². The van der Waals surface area contributed by atoms with Crippen LogP contribution in [0.5, 0.6) is 0 Å². The van der Waals surface area contributed by atoms with Crippen LogP contribution in [0.15, 0.2) is 22.7 Å². The Hall–Kier alpha value is -0.830. The lowest BCUT2D eigenvalue weighted by Crippen LogP contribution is -2.34. The monoisotopic (exact) mass is 266 g/mol. The van der Waals surface area contributed by atoms with E-state index in [0.29, 0.717) is 0 Å². The first kappa shape index (κ1) is 10.7. The van der Waals surface area contributed by atoms with E-state index >= 15 is 0 Å². The number of halogens is 1. The minimum absolute atomic E-state index is 0.743. The Kier molecular flexibility index (Phi) is 3.10. The number of rotatable bonds is 1. The quantitative estimate of drug-likeness (QED) is 0.824. The van der Waals surface area contributed by atoms with Crippen LogP contribution < -0.4 is 4.90 Å². The number of nitrogens with one attached hydrogen (secondary N) is 1. The summed E-state index contributed by atoms with van der Waals surface area (Å²) in [5.74, 6) is 0.743. The van der Waals surface area contributed by atoms with E-state index in [-0.39, 0.29) is 0 Å². The maximum atomic E-state index is 7.96. The zero-order valence-electron chi connectivity index (χ0n) is 8.89. The van der Waals surface area contributed by atoms with Crippen molar-refractivity contribution in [2.45, 2.75) is 26.2 Å². The average Bonchev–Trinajstić information content (AvgIpc) is 2.23. The molecule has 2 rings (SSSR count). The van der Waals surface area contributed by atoms with Crippen molar-refractivity contribution >= 4 is 27.5 Å². The van der Waals surface area contributed by atoms with Gasteiger partial charge in [0.05, 0.1) is 5.69 Å². The van der Waals surface area contributed by atoms with Crippen molar-refractivity contribution in [3.8, 4) is 0 Å². The lowest BCUT2D eigenvalue weighted by Gasteiger charge is -2.30. The van der Waals surface area contributed by atoms with Crippen molar-refractivity contribution in [3.05, 3.63) is 28.2 Å². The summed E-state index contributed by atoms with van der Waals surface area (Å²) in [7, 11) is 0. The van der Waals surface area contributed by atoms with Crippen molar-refractivity contribution in [2.75, 3.05) is 11.4 Å². The summed E-state index contributed by atoms with van der Waals surface area (Å²) in [6.07, 6.45) is 3.24. The van der Waals surface area contributed by atoms with Gasteiger partial charge in [-0.25, -0.2) is 0 Å². The summed E-state index contributed by atoms with van der Waals surface area (Å²) in [6, 6.07) is 6.22. The van der Waals surface area contributed by atoms with Gasteiger partial charge in [0.25, 0.3) is 0 Å². The van der Waals surface area contributed by atoms with E-state index in [1.54, 1.807) is 0 Å². The molecule has 15 heavy (non-hydrogen) atoms. The maximum absolute atomic E-state index is 7.96. The first-order chi connectivity index (χ1) is 7.20. The zero-order valence-corrected chi connectivity index (χ0v) is 10.5. The number of anilines is 1. The minimum Gasteiger partial charge on any atom is -0.329 e. The Labute approximate surface area is 98.9 Å². The van der Waals surface area contributed by atoms with Crippen LogP contribution in [0.3, 0.4) is 0 Å². The van der Waals surface area contributed by atoms with Crippen LogP contribution in [0.25, 0.3) is 0 Å². The fourth-order valence-electron chi connectivity index (χ4n) is 1.94. The summed E-state index contributed by atoms with van der Waals surface area (Å²) in [6.45, 7) is 3.06. The van der Waals surface area contributed by atoms with Crippen LogP contribution in [-0.4, -0.2) is 12.4 Å². The first-order valence-electron chi connectivity index (χ1n) is 5.30. The number of amidine groups is 1. The smallest absolute Gasteiger partial charge is 0.100 e. The highest BCUT2D eigenvalue weighted by molar-refractivity contribution is 9.10. The predicted octanol–water partition coefficient (Wildman–Crippen LogP) is 3.73. The SMILES string of the molecule is Cc1cccc(N2CCCCC2=N)c1Br. The highest BCUT2D eigenvalue weighted by Crippen LogP contribution is 2.31. The number of nitrogens with zero attached hydrogens (tertiary/aromatic N) is 1. The number of hydrogen-bond donors (Lipinski definition) is 1. The van der Waals surface area contributed by atoms with Gasteiger partial charge in [-0.1, -0.05) is 12.1 Å². The maximum Gasteiger partial charge on any atom is 0.100 e. The van der Waals surface area contributed by atoms with Gasteiger partial charge in [0.1, 0.15) is 5.84 Å². The van der Waals surface area contributed by atoms with Crippen LogP contribution in [0, 0.1) is 12.3 Å². The van der Waals surface area contributed by atoms with Crippen LogP contribution in [0.1, 0.15) is 24.8 Å². The number of aryl methyl sites for hydroxylation is 1. The molecule has 1 aromatic rings. The normalized spacial score (nSPS) is 16.9. The molecule has 1 fully saturated rings. The van der Waals surface area contributed by atoms with E-state index < -0.39 is 0 Å². The summed E-state index contributed by atoms with van der Waals surface area (Å²) in [5.41, 5.74) is 2.37. The van der Waals surface area contributed by atoms with Gasteiger partial charge >= 0.3 is 0 Å². The molecule has 3 heteroatoms. The third-order valence-electron chi connectivity index (χ3n) is 2.83. The number of benzene rings is 1. The lowest BCUT2D eigenvalue weighted by molar-refractivity contribution is 0.707. The van der Waals surface area contributed by atoms with Gasteiger partial charge < -0.3 is 4.90 Å². The Balaban J connectivity index is 2.35. The molecule has 80 valence electrons. The van der Waals surface area contributed by atoms with Gasteiger partial charge in [0, 0.05) is 17.4 Å². The zero-order chi connectivity index (χ0) is 10.8. The molecule has 0 radical (unpaired) electrons. The molecule has 0 saturated carbocycles. The molecule has 0 bridgehead atoms. The van der Waals surface area contributed by atoms with Crippen LogP contribution in [0.2, 0.25) is 0 Å². The second-order valence-corrected chi connectivity index (χ2v) is 4.76. The molecule has 0 amide bonds. The lowest BCUT2D eigenvalue weighted by atomic mass is 10.1. The Bertz CT molecular complexity index is 387. The van der Waals surface area contributed by atoms with Crippen molar-refractivity contribution < 1.29 is 0 Å². The van der Waals surface area contributed by atoms with E-state index in [2.05, 4.69) is 46.0 Å². The second kappa shape index (κ2) is 4.35. The average molecular weight is 267 g/mol. The van der Waals surface area contributed by atoms with Crippen LogP contribution in [0.4, 0.5) is 5.69 Å². The van der Waals surface area contributed by atoms with Gasteiger partial charge in [-0.3, -0.25) is 5.41 Å². The molecule has 0 atom stereocenters. The first-order valence-corrected chi connectivity index (χ1v) is 6.09. The molecule has 0 spiro atoms. The third kappa shape index (κ3) is 2.07. The van der Waals surface area contributed by atoms with Crippen molar-refractivity contribution in [2.24, 2.45) is 0 Å². The molecule has 1 aliphatic rings. The van der Waals surface area contributed by atoms with Gasteiger partial charge in [-0.05, 0) is 47.3 Å². The van der Waals surface area contributed by atoms with E-state index in [0.717, 1.165) is 35.4 Å². The molecule has 0 aromatic heterocycles. The Morgan fingerprint density at radius 2 is 2.13 bits per heavy atom. The number of hydrogen-bond acceptors (Lipinski definition) is 1. The predicted molar refractivity (Wildman–Crippen MR) is 67.8 cm³/mol. The Morgan fingerprint density at radius 1 is 1.33 bits per heavy atom. The van der Waals surface area contributed by atoms with Gasteiger partial charge in [0.15, 0.2) is 0 Å². The van der Waals surface area contributed by atoms with Gasteiger partial charge in [-0.15, -0.1) is 0 Å². The van der Waals surface area contributed by atoms with Gasteiger partial charge in [-0.2, -0.15) is 0 Å². The standard InChI is InChI=1S/C12H15BrN2/c1-9-5-4-6-10(12(9)13)15-8-3-2-7-11(15)14/h4-6,14H,2-3,7-8H2,1H3. The summed E-state index contributed by atoms with van der Waals surface area (Å²) in [4.78, 5) is 2.11. The molecule has 0 unspecified atom stereocenters. The fraction of sp³-hybridized carbons (Fsp3) is 0.417. The third-order valence-corrected chi connectivity index (χ3v) is 3.86. The number of piperidine rings is 1. The molecular formula is C12H15BrN2. The van der Waals surface area contributed by atoms with Crippen molar-refractivity contribution in [1.82, 2.24) is 0 Å². The van der Waals surface area contributed by atoms with E-state index in [9.17, 15) is 0 Å². The molecule has 1 aliphatic heterocycles. The van der Waals surface area contributed by atoms with Crippen molar-refractivity contribution in [1.29, 1.82) is 5.41 Å². The summed E-state index contributed by atoms with van der Waals surface area (Å²) >= 11 is 3.60. The van der Waals surface area contributed by atoms with Crippen LogP contribution >= 0.6 is 15.9 Å². The molecule has 1 aromatic carbocycles. The van der Waals surface area contributed by atoms with Gasteiger partial charge in [0.2, 0.25) is 0 Å². The minimum atomic E-state index is 0.743. The summed E-state index contributed by atoms with van der Waals surface area (Å²) < 4.78 is 1.12. The molecule has 2 nitrogen and oxygen atoms in total. The van der Waals surface area contributed by atoms with E-state index in [1.807, 2.05) is 0 Å². The second-order valence-electron chi connectivity index (χ2n) is 3.96. The Morgan fingerprint density at radius 3 is 2.87 bits per heavy atom. The highest BCUT2D eigenvalue weighted by atomic mass is 79.9. The van der Waals surface area contributed by atoms with E-state index in [1.165, 1.54) is 12.0 Å². The van der Waals surface area contributed by atoms with Crippen molar-refractivity contribution in [3.63, 3.8) is 0 Å². The topological polar surface area (TPSA) is 27.1 Å². The molecule has 1 heterocycles. The highest BCUT2D eigenvalue weighted by Gasteiger charge is 2.18. The van der Waals surface area contributed by atoms with Crippen LogP contribution in [-0.2, 0) is 0 Å². The largest absolute Gasteiger partial charge is 0.329 e.